The van der Waals surface area contributed by atoms with E-state index < -0.39 is 5.60 Å². The van der Waals surface area contributed by atoms with Gasteiger partial charge in [0.15, 0.2) is 0 Å². The van der Waals surface area contributed by atoms with Crippen LogP contribution >= 0.6 is 0 Å². The molecule has 1 saturated heterocycles. The van der Waals surface area contributed by atoms with Gasteiger partial charge in [-0.25, -0.2) is 0 Å². The lowest BCUT2D eigenvalue weighted by molar-refractivity contribution is -0.135. The quantitative estimate of drug-likeness (QED) is 0.828. The Morgan fingerprint density at radius 3 is 1.94 bits per heavy atom. The lowest BCUT2D eigenvalue weighted by Crippen LogP contribution is -2.52. The van der Waals surface area contributed by atoms with Crippen LogP contribution < -0.4 is 0 Å². The number of hydrogen-bond donors (Lipinski definition) is 1. The first kappa shape index (κ1) is 15.4. The Balaban J connectivity index is 2.37. The van der Waals surface area contributed by atoms with E-state index >= 15 is 0 Å². The van der Waals surface area contributed by atoms with Gasteiger partial charge in [0, 0.05) is 39.1 Å². The monoisotopic (exact) mass is 256 g/mol. The fraction of sp³-hybridized carbons (Fsp3) is 0.929. The number of aliphatic hydroxyl groups is 1. The molecule has 0 spiro atoms. The number of hydrogen-bond acceptors (Lipinski definition) is 3. The molecule has 0 aromatic heterocycles. The summed E-state index contributed by atoms with van der Waals surface area (Å²) in [4.78, 5) is 16.2. The third-order valence-corrected chi connectivity index (χ3v) is 3.02. The van der Waals surface area contributed by atoms with Gasteiger partial charge in [0.05, 0.1) is 5.60 Å². The fourth-order valence-electron chi connectivity index (χ4n) is 2.27. The summed E-state index contributed by atoms with van der Waals surface area (Å²) in [6, 6.07) is 0. The van der Waals surface area contributed by atoms with Gasteiger partial charge in [-0.3, -0.25) is 9.69 Å². The van der Waals surface area contributed by atoms with Crippen molar-refractivity contribution in [2.45, 2.75) is 46.6 Å². The van der Waals surface area contributed by atoms with Crippen molar-refractivity contribution in [2.75, 3.05) is 32.7 Å². The third-order valence-electron chi connectivity index (χ3n) is 3.02. The molecule has 0 radical (unpaired) electrons. The number of carbonyl (C=O) groups excluding carboxylic acids is 1. The van der Waals surface area contributed by atoms with Crippen LogP contribution in [0.5, 0.6) is 0 Å². The molecule has 0 bridgehead atoms. The van der Waals surface area contributed by atoms with Crippen LogP contribution in [0.25, 0.3) is 0 Å². The Labute approximate surface area is 111 Å². The molecule has 1 aliphatic heterocycles. The number of rotatable bonds is 3. The van der Waals surface area contributed by atoms with Crippen LogP contribution in [-0.4, -0.2) is 59.1 Å². The largest absolute Gasteiger partial charge is 0.389 e. The Kier molecular flexibility index (Phi) is 4.78. The van der Waals surface area contributed by atoms with E-state index in [-0.39, 0.29) is 11.3 Å². The first-order valence-corrected chi connectivity index (χ1v) is 6.79. The maximum absolute atomic E-state index is 12.1. The maximum atomic E-state index is 12.1. The molecule has 0 aliphatic carbocycles. The summed E-state index contributed by atoms with van der Waals surface area (Å²) in [5.74, 6) is 0.255. The van der Waals surface area contributed by atoms with Crippen molar-refractivity contribution >= 4 is 5.91 Å². The van der Waals surface area contributed by atoms with E-state index in [1.165, 1.54) is 0 Å². The molecule has 0 atom stereocenters. The van der Waals surface area contributed by atoms with Crippen LogP contribution in [0.1, 0.15) is 41.0 Å². The van der Waals surface area contributed by atoms with Gasteiger partial charge in [0.25, 0.3) is 0 Å². The summed E-state index contributed by atoms with van der Waals surface area (Å²) in [5, 5.41) is 9.78. The Bertz CT molecular complexity index is 281. The Morgan fingerprint density at radius 2 is 1.56 bits per heavy atom. The number of β-amino-alcohol motifs (C(OH)–C–C–N with tert-alkyl or cyclic N) is 1. The predicted molar refractivity (Wildman–Crippen MR) is 73.4 cm³/mol. The van der Waals surface area contributed by atoms with E-state index in [1.807, 2.05) is 18.7 Å². The maximum Gasteiger partial charge on any atom is 0.223 e. The summed E-state index contributed by atoms with van der Waals surface area (Å²) in [5.41, 5.74) is -0.598. The minimum absolute atomic E-state index is 0.0569. The van der Waals surface area contributed by atoms with Crippen LogP contribution in [-0.2, 0) is 4.79 Å². The lowest BCUT2D eigenvalue weighted by atomic mass is 9.91. The molecule has 1 aliphatic rings. The molecule has 1 heterocycles. The Morgan fingerprint density at radius 1 is 1.06 bits per heavy atom. The van der Waals surface area contributed by atoms with Gasteiger partial charge in [-0.05, 0) is 19.3 Å². The zero-order valence-corrected chi connectivity index (χ0v) is 12.5. The van der Waals surface area contributed by atoms with Gasteiger partial charge in [-0.1, -0.05) is 20.8 Å². The molecule has 0 aromatic rings. The summed E-state index contributed by atoms with van der Waals surface area (Å²) < 4.78 is 0. The molecular formula is C14H28N2O2. The number of piperazine rings is 1. The summed E-state index contributed by atoms with van der Waals surface area (Å²) >= 11 is 0. The number of nitrogens with zero attached hydrogens (tertiary/aromatic N) is 2. The highest BCUT2D eigenvalue weighted by Gasteiger charge is 2.26. The second-order valence-electron chi connectivity index (χ2n) is 7.21. The van der Waals surface area contributed by atoms with Crippen LogP contribution in [0, 0.1) is 5.41 Å². The highest BCUT2D eigenvalue weighted by atomic mass is 16.3. The van der Waals surface area contributed by atoms with Gasteiger partial charge in [-0.15, -0.1) is 0 Å². The van der Waals surface area contributed by atoms with Crippen molar-refractivity contribution in [3.8, 4) is 0 Å². The first-order valence-electron chi connectivity index (χ1n) is 6.79. The normalized spacial score (nSPS) is 19.1. The highest BCUT2D eigenvalue weighted by Crippen LogP contribution is 2.20. The molecule has 1 N–H and O–H groups in total. The van der Waals surface area contributed by atoms with E-state index in [2.05, 4.69) is 25.7 Å². The van der Waals surface area contributed by atoms with Crippen molar-refractivity contribution < 1.29 is 9.90 Å². The highest BCUT2D eigenvalue weighted by molar-refractivity contribution is 5.76. The van der Waals surface area contributed by atoms with E-state index in [1.54, 1.807) is 0 Å². The minimum atomic E-state index is -0.655. The van der Waals surface area contributed by atoms with Gasteiger partial charge in [0.1, 0.15) is 0 Å². The summed E-state index contributed by atoms with van der Waals surface area (Å²) in [6.45, 7) is 13.9. The van der Waals surface area contributed by atoms with Crippen molar-refractivity contribution in [3.05, 3.63) is 0 Å². The van der Waals surface area contributed by atoms with Crippen molar-refractivity contribution in [1.29, 1.82) is 0 Å². The van der Waals surface area contributed by atoms with Crippen molar-refractivity contribution in [2.24, 2.45) is 5.41 Å². The second-order valence-corrected chi connectivity index (χ2v) is 7.21. The van der Waals surface area contributed by atoms with Gasteiger partial charge in [0.2, 0.25) is 5.91 Å². The van der Waals surface area contributed by atoms with Crippen LogP contribution in [0.3, 0.4) is 0 Å². The predicted octanol–water partition coefficient (Wildman–Crippen LogP) is 1.34. The van der Waals surface area contributed by atoms with Crippen LogP contribution in [0.15, 0.2) is 0 Å². The standard InChI is InChI=1S/C14H28N2O2/c1-13(2,3)10-12(17)16-8-6-15(7-9-16)11-14(4,5)18/h18H,6-11H2,1-5H3. The van der Waals surface area contributed by atoms with Crippen LogP contribution in [0.2, 0.25) is 0 Å². The molecule has 0 unspecified atom stereocenters. The molecule has 106 valence electrons. The molecule has 4 nitrogen and oxygen atoms in total. The number of amides is 1. The van der Waals surface area contributed by atoms with Gasteiger partial charge < -0.3 is 10.0 Å². The van der Waals surface area contributed by atoms with E-state index in [9.17, 15) is 9.90 Å². The van der Waals surface area contributed by atoms with Crippen molar-refractivity contribution in [1.82, 2.24) is 9.80 Å². The molecule has 1 rings (SSSR count). The molecule has 1 fully saturated rings. The second kappa shape index (κ2) is 5.57. The SMILES string of the molecule is CC(C)(C)CC(=O)N1CCN(CC(C)(C)O)CC1. The molecule has 0 aromatic carbocycles. The minimum Gasteiger partial charge on any atom is -0.389 e. The van der Waals surface area contributed by atoms with E-state index in [0.717, 1.165) is 26.2 Å². The summed E-state index contributed by atoms with van der Waals surface area (Å²) in [7, 11) is 0. The Hall–Kier alpha value is -0.610. The molecule has 1 amide bonds. The third kappa shape index (κ3) is 5.83. The topological polar surface area (TPSA) is 43.8 Å². The lowest BCUT2D eigenvalue weighted by Gasteiger charge is -2.38. The van der Waals surface area contributed by atoms with Gasteiger partial charge >= 0.3 is 0 Å². The molecule has 4 heteroatoms. The average molecular weight is 256 g/mol. The van der Waals surface area contributed by atoms with Crippen LogP contribution in [0.4, 0.5) is 0 Å². The van der Waals surface area contributed by atoms with Crippen molar-refractivity contribution in [3.63, 3.8) is 0 Å². The molecule has 0 saturated carbocycles. The fourth-order valence-corrected chi connectivity index (χ4v) is 2.27. The van der Waals surface area contributed by atoms with E-state index in [4.69, 9.17) is 0 Å². The number of carbonyl (C=O) groups is 1. The summed E-state index contributed by atoms with van der Waals surface area (Å²) in [6.07, 6.45) is 0.610. The van der Waals surface area contributed by atoms with E-state index in [0.29, 0.717) is 13.0 Å². The zero-order valence-electron chi connectivity index (χ0n) is 12.5. The van der Waals surface area contributed by atoms with Gasteiger partial charge in [-0.2, -0.15) is 0 Å². The average Bonchev–Trinajstić information content (AvgIpc) is 2.13. The smallest absolute Gasteiger partial charge is 0.223 e. The molecule has 18 heavy (non-hydrogen) atoms. The molecular weight excluding hydrogens is 228 g/mol. The first-order chi connectivity index (χ1) is 8.07. The zero-order chi connectivity index (χ0) is 14.0.